The third-order valence-electron chi connectivity index (χ3n) is 2.59. The number of hydrogen-bond acceptors (Lipinski definition) is 5. The van der Waals surface area contributed by atoms with Gasteiger partial charge < -0.3 is 19.9 Å². The lowest BCUT2D eigenvalue weighted by Crippen LogP contribution is -2.38. The van der Waals surface area contributed by atoms with Crippen molar-refractivity contribution in [3.8, 4) is 0 Å². The zero-order chi connectivity index (χ0) is 17.5. The van der Waals surface area contributed by atoms with Crippen LogP contribution in [-0.2, 0) is 25.5 Å². The number of amides is 1. The van der Waals surface area contributed by atoms with Crippen LogP contribution in [0.2, 0.25) is 0 Å². The van der Waals surface area contributed by atoms with Gasteiger partial charge in [0.05, 0.1) is 0 Å². The summed E-state index contributed by atoms with van der Waals surface area (Å²) >= 11 is 0. The van der Waals surface area contributed by atoms with Crippen LogP contribution >= 0.6 is 0 Å². The molecule has 2 N–H and O–H groups in total. The Balaban J connectivity index is 2.49. The molecule has 1 rings (SSSR count). The predicted octanol–water partition coefficient (Wildman–Crippen LogP) is 1.75. The maximum atomic E-state index is 11.7. The van der Waals surface area contributed by atoms with E-state index in [0.29, 0.717) is 0 Å². The van der Waals surface area contributed by atoms with Crippen molar-refractivity contribution in [2.45, 2.75) is 38.9 Å². The molecular weight excluding hydrogens is 302 g/mol. The van der Waals surface area contributed by atoms with Gasteiger partial charge in [-0.05, 0) is 26.3 Å². The Morgan fingerprint density at radius 1 is 1.17 bits per heavy atom. The van der Waals surface area contributed by atoms with Gasteiger partial charge in [-0.3, -0.25) is 4.79 Å². The van der Waals surface area contributed by atoms with Gasteiger partial charge in [0.2, 0.25) is 6.10 Å². The lowest BCUT2D eigenvalue weighted by atomic mass is 10.1. The van der Waals surface area contributed by atoms with E-state index in [1.165, 1.54) is 0 Å². The molecule has 1 atom stereocenters. The molecule has 0 fully saturated rings. The molecule has 1 aromatic rings. The molecule has 0 bridgehead atoms. The van der Waals surface area contributed by atoms with E-state index in [1.54, 1.807) is 51.1 Å². The molecule has 0 saturated carbocycles. The SMILES string of the molecule is CC(C)(C)OC(=O)NCC(=O)O[C@@H](Cc1ccccc1)C(=O)O. The molecule has 0 aliphatic carbocycles. The number of nitrogens with one attached hydrogen (secondary N) is 1. The second kappa shape index (κ2) is 8.17. The van der Waals surface area contributed by atoms with Crippen molar-refractivity contribution in [2.24, 2.45) is 0 Å². The number of alkyl carbamates (subject to hydrolysis) is 1. The van der Waals surface area contributed by atoms with Gasteiger partial charge in [0, 0.05) is 6.42 Å². The summed E-state index contributed by atoms with van der Waals surface area (Å²) in [5, 5.41) is 11.3. The van der Waals surface area contributed by atoms with E-state index in [0.717, 1.165) is 5.56 Å². The van der Waals surface area contributed by atoms with Gasteiger partial charge in [0.1, 0.15) is 12.1 Å². The summed E-state index contributed by atoms with van der Waals surface area (Å²) in [6, 6.07) is 8.81. The average molecular weight is 323 g/mol. The van der Waals surface area contributed by atoms with Crippen LogP contribution in [-0.4, -0.2) is 41.4 Å². The Bertz CT molecular complexity index is 549. The second-order valence-corrected chi connectivity index (χ2v) is 5.86. The third kappa shape index (κ3) is 7.85. The fourth-order valence-electron chi connectivity index (χ4n) is 1.67. The van der Waals surface area contributed by atoms with Crippen molar-refractivity contribution in [3.63, 3.8) is 0 Å². The number of carboxylic acids is 1. The fraction of sp³-hybridized carbons (Fsp3) is 0.438. The molecular formula is C16H21NO6. The van der Waals surface area contributed by atoms with Crippen molar-refractivity contribution in [1.29, 1.82) is 0 Å². The van der Waals surface area contributed by atoms with Crippen LogP contribution in [0.5, 0.6) is 0 Å². The normalized spacial score (nSPS) is 12.1. The number of hydrogen-bond donors (Lipinski definition) is 2. The summed E-state index contributed by atoms with van der Waals surface area (Å²) in [5.41, 5.74) is 0.0399. The van der Waals surface area contributed by atoms with E-state index in [-0.39, 0.29) is 6.42 Å². The van der Waals surface area contributed by atoms with Crippen LogP contribution in [0.25, 0.3) is 0 Å². The first-order valence-corrected chi connectivity index (χ1v) is 7.10. The smallest absolute Gasteiger partial charge is 0.408 e. The molecule has 23 heavy (non-hydrogen) atoms. The summed E-state index contributed by atoms with van der Waals surface area (Å²) in [7, 11) is 0. The van der Waals surface area contributed by atoms with Gasteiger partial charge in [-0.15, -0.1) is 0 Å². The summed E-state index contributed by atoms with van der Waals surface area (Å²) in [5.74, 6) is -2.10. The van der Waals surface area contributed by atoms with Crippen molar-refractivity contribution >= 4 is 18.0 Å². The maximum absolute atomic E-state index is 11.7. The zero-order valence-electron chi connectivity index (χ0n) is 13.4. The number of esters is 1. The van der Waals surface area contributed by atoms with E-state index >= 15 is 0 Å². The molecule has 7 heteroatoms. The number of carbonyl (C=O) groups is 3. The lowest BCUT2D eigenvalue weighted by molar-refractivity contribution is -0.163. The summed E-state index contributed by atoms with van der Waals surface area (Å²) in [6.45, 7) is 4.59. The number of ether oxygens (including phenoxy) is 2. The van der Waals surface area contributed by atoms with Crippen molar-refractivity contribution in [1.82, 2.24) is 5.32 Å². The molecule has 126 valence electrons. The van der Waals surface area contributed by atoms with Crippen molar-refractivity contribution in [2.75, 3.05) is 6.54 Å². The Morgan fingerprint density at radius 3 is 2.30 bits per heavy atom. The second-order valence-electron chi connectivity index (χ2n) is 5.86. The van der Waals surface area contributed by atoms with Crippen LogP contribution in [0.1, 0.15) is 26.3 Å². The number of carboxylic acid groups (broad SMARTS) is 1. The van der Waals surface area contributed by atoms with E-state index in [2.05, 4.69) is 5.32 Å². The zero-order valence-corrected chi connectivity index (χ0v) is 13.4. The molecule has 0 spiro atoms. The number of carbonyl (C=O) groups excluding carboxylic acids is 2. The van der Waals surface area contributed by atoms with Gasteiger partial charge in [0.15, 0.2) is 0 Å². The quantitative estimate of drug-likeness (QED) is 0.773. The van der Waals surface area contributed by atoms with E-state index < -0.39 is 36.3 Å². The largest absolute Gasteiger partial charge is 0.478 e. The van der Waals surface area contributed by atoms with Gasteiger partial charge in [-0.1, -0.05) is 30.3 Å². The number of aliphatic carboxylic acids is 1. The first-order valence-electron chi connectivity index (χ1n) is 7.10. The van der Waals surface area contributed by atoms with Crippen LogP contribution in [0, 0.1) is 0 Å². The Labute approximate surface area is 134 Å². The van der Waals surface area contributed by atoms with Crippen molar-refractivity contribution in [3.05, 3.63) is 35.9 Å². The standard InChI is InChI=1S/C16H21NO6/c1-16(2,3)23-15(21)17-10-13(18)22-12(14(19)20)9-11-7-5-4-6-8-11/h4-8,12H,9-10H2,1-3H3,(H,17,21)(H,19,20)/t12-/m0/s1. The van der Waals surface area contributed by atoms with Gasteiger partial charge in [0.25, 0.3) is 0 Å². The van der Waals surface area contributed by atoms with E-state index in [9.17, 15) is 14.4 Å². The molecule has 0 heterocycles. The summed E-state index contributed by atoms with van der Waals surface area (Å²) in [4.78, 5) is 34.3. The minimum Gasteiger partial charge on any atom is -0.478 e. The van der Waals surface area contributed by atoms with Gasteiger partial charge in [-0.25, -0.2) is 9.59 Å². The summed E-state index contributed by atoms with van der Waals surface area (Å²) in [6.07, 6.45) is -2.04. The lowest BCUT2D eigenvalue weighted by Gasteiger charge is -2.19. The molecule has 0 unspecified atom stereocenters. The minimum absolute atomic E-state index is 0.0500. The molecule has 7 nitrogen and oxygen atoms in total. The molecule has 0 aliphatic heterocycles. The van der Waals surface area contributed by atoms with Gasteiger partial charge in [-0.2, -0.15) is 0 Å². The van der Waals surface area contributed by atoms with Gasteiger partial charge >= 0.3 is 18.0 Å². The first kappa shape index (κ1) is 18.5. The van der Waals surface area contributed by atoms with E-state index in [1.807, 2.05) is 0 Å². The van der Waals surface area contributed by atoms with Crippen LogP contribution < -0.4 is 5.32 Å². The predicted molar refractivity (Wildman–Crippen MR) is 81.9 cm³/mol. The molecule has 1 amide bonds. The third-order valence-corrected chi connectivity index (χ3v) is 2.59. The monoisotopic (exact) mass is 323 g/mol. The first-order chi connectivity index (χ1) is 10.7. The Kier molecular flexibility index (Phi) is 6.56. The van der Waals surface area contributed by atoms with Crippen LogP contribution in [0.15, 0.2) is 30.3 Å². The summed E-state index contributed by atoms with van der Waals surface area (Å²) < 4.78 is 9.85. The van der Waals surface area contributed by atoms with E-state index in [4.69, 9.17) is 14.6 Å². The highest BCUT2D eigenvalue weighted by Crippen LogP contribution is 2.08. The fourth-order valence-corrected chi connectivity index (χ4v) is 1.67. The minimum atomic E-state index is -1.31. The van der Waals surface area contributed by atoms with Crippen LogP contribution in [0.3, 0.4) is 0 Å². The number of rotatable bonds is 6. The van der Waals surface area contributed by atoms with Crippen LogP contribution in [0.4, 0.5) is 4.79 Å². The highest BCUT2D eigenvalue weighted by atomic mass is 16.6. The Morgan fingerprint density at radius 2 is 1.78 bits per heavy atom. The topological polar surface area (TPSA) is 102 Å². The maximum Gasteiger partial charge on any atom is 0.408 e. The molecule has 0 saturated heterocycles. The van der Waals surface area contributed by atoms with Crippen molar-refractivity contribution < 1.29 is 29.0 Å². The highest BCUT2D eigenvalue weighted by Gasteiger charge is 2.23. The molecule has 0 aromatic heterocycles. The average Bonchev–Trinajstić information content (AvgIpc) is 2.43. The molecule has 0 aliphatic rings. The number of benzene rings is 1. The Hall–Kier alpha value is -2.57. The molecule has 0 radical (unpaired) electrons. The highest BCUT2D eigenvalue weighted by molar-refractivity contribution is 5.81. The molecule has 1 aromatic carbocycles.